The van der Waals surface area contributed by atoms with Crippen LogP contribution in [-0.4, -0.2) is 83.7 Å². The van der Waals surface area contributed by atoms with Gasteiger partial charge in [-0.1, -0.05) is 38.8 Å². The summed E-state index contributed by atoms with van der Waals surface area (Å²) < 4.78 is 74.8. The summed E-state index contributed by atoms with van der Waals surface area (Å²) in [5, 5.41) is 3.45. The average Bonchev–Trinajstić information content (AvgIpc) is 4.07. The van der Waals surface area contributed by atoms with E-state index >= 15 is 0 Å². The molecule has 0 unspecified atom stereocenters. The summed E-state index contributed by atoms with van der Waals surface area (Å²) in [4.78, 5) is 62.4. The molecule has 1 aromatic heterocycles. The first-order valence-electron chi connectivity index (χ1n) is 20.4. The maximum absolute atomic E-state index is 14.8. The average molecular weight is 829 g/mol. The maximum atomic E-state index is 14.8. The van der Waals surface area contributed by atoms with Crippen LogP contribution < -0.4 is 19.5 Å². The number of alkyl halides is 2. The van der Waals surface area contributed by atoms with Crippen molar-refractivity contribution in [3.05, 3.63) is 41.6 Å². The molecule has 58 heavy (non-hydrogen) atoms. The lowest BCUT2D eigenvalue weighted by molar-refractivity contribution is -0.155. The number of halogens is 2. The molecule has 3 fully saturated rings. The quantitative estimate of drug-likeness (QED) is 0.232. The highest BCUT2D eigenvalue weighted by Crippen LogP contribution is 2.50. The van der Waals surface area contributed by atoms with Gasteiger partial charge in [-0.3, -0.25) is 23.9 Å². The Labute approximate surface area is 338 Å². The van der Waals surface area contributed by atoms with Gasteiger partial charge in [0.05, 0.1) is 30.3 Å². The Morgan fingerprint density at radius 1 is 1.10 bits per heavy atom. The number of hydrogen-bond acceptors (Lipinski definition) is 10. The number of rotatable bonds is 9. The van der Waals surface area contributed by atoms with Gasteiger partial charge >= 0.3 is 5.97 Å². The number of allylic oxidation sites excluding steroid dienone is 1. The van der Waals surface area contributed by atoms with Crippen molar-refractivity contribution < 1.29 is 50.6 Å². The van der Waals surface area contributed by atoms with Crippen molar-refractivity contribution in [2.24, 2.45) is 17.8 Å². The number of pyridine rings is 1. The summed E-state index contributed by atoms with van der Waals surface area (Å²) >= 11 is 0. The Morgan fingerprint density at radius 2 is 1.86 bits per heavy atom. The van der Waals surface area contributed by atoms with E-state index < -0.39 is 85.7 Å². The smallest absolute Gasteiger partial charge is 0.306 e. The Hall–Kier alpha value is -4.34. The molecular weight excluding hydrogens is 775 g/mol. The first kappa shape index (κ1) is 41.8. The highest BCUT2D eigenvalue weighted by atomic mass is 32.2. The minimum Gasteiger partial charge on any atom is -0.497 e. The second kappa shape index (κ2) is 15.7. The Balaban J connectivity index is 1.25. The molecule has 0 bridgehead atoms. The van der Waals surface area contributed by atoms with Crippen molar-refractivity contribution in [2.45, 2.75) is 139 Å². The number of nitrogens with one attached hydrogen (secondary N) is 2. The third kappa shape index (κ3) is 8.01. The molecule has 1 saturated heterocycles. The SMILES string of the molecule is COc1ccc2nc(C(F)F)c3c(c2c1)CC[C@]1(C[C@H]2C(=O)N[C@]4(C(=O)NS(=O)(=O)C5(C)CC5)C[C@H]4/C=C\CCCCC[C@H](CC(=O)O[C@@H](C)C(C)C)C(=O)N2C1)O3. The molecule has 3 amide bonds. The topological polar surface area (TPSA) is 170 Å². The molecule has 2 aromatic rings. The van der Waals surface area contributed by atoms with Crippen molar-refractivity contribution in [1.82, 2.24) is 19.9 Å². The number of aryl methyl sites for hydroxylation is 1. The minimum absolute atomic E-state index is 0.0437. The van der Waals surface area contributed by atoms with E-state index in [1.54, 1.807) is 32.0 Å². The van der Waals surface area contributed by atoms with E-state index in [-0.39, 0.29) is 50.3 Å². The van der Waals surface area contributed by atoms with Crippen LogP contribution in [0.5, 0.6) is 11.5 Å². The predicted molar refractivity (Wildman–Crippen MR) is 209 cm³/mol. The van der Waals surface area contributed by atoms with E-state index in [1.165, 1.54) is 12.0 Å². The number of esters is 1. The lowest BCUT2D eigenvalue weighted by atomic mass is 9.87. The molecule has 316 valence electrons. The van der Waals surface area contributed by atoms with Gasteiger partial charge in [0.15, 0.2) is 5.75 Å². The number of hydrogen-bond donors (Lipinski definition) is 2. The van der Waals surface area contributed by atoms with E-state index in [2.05, 4.69) is 15.0 Å². The van der Waals surface area contributed by atoms with Crippen LogP contribution in [0, 0.1) is 17.8 Å². The van der Waals surface area contributed by atoms with E-state index in [0.717, 1.165) is 12.8 Å². The molecule has 7 rings (SSSR count). The Bertz CT molecular complexity index is 2130. The summed E-state index contributed by atoms with van der Waals surface area (Å²) in [6, 6.07) is 3.71. The minimum atomic E-state index is -4.05. The van der Waals surface area contributed by atoms with Gasteiger partial charge in [-0.25, -0.2) is 22.2 Å². The highest BCUT2D eigenvalue weighted by Gasteiger charge is 2.64. The number of sulfonamides is 1. The van der Waals surface area contributed by atoms with Crippen LogP contribution in [-0.2, 0) is 40.4 Å². The standard InChI is InChI=1S/C42H54F2N4O9S/c1-24(2)25(3)56-33(49)19-26-11-9-7-6-8-10-12-27-21-42(27,39(52)47-58(53,54)40(4)17-18-40)46-37(50)32-22-41(23-48(32)38(26)51)16-15-29-30-20-28(55-5)13-14-31(30)45-34(36(43)44)35(29)57-41/h10,12-14,20,24-27,32,36H,6-9,11,15-19,21-23H2,1-5H3,(H,46,50)(H,47,52)/b12-10-/t25-,26+,27+,32-,41+,42+/m0/s1. The van der Waals surface area contributed by atoms with Gasteiger partial charge < -0.3 is 24.4 Å². The maximum Gasteiger partial charge on any atom is 0.306 e. The molecule has 16 heteroatoms. The molecule has 6 atom stereocenters. The number of benzene rings is 1. The fourth-order valence-electron chi connectivity index (χ4n) is 8.53. The van der Waals surface area contributed by atoms with Gasteiger partial charge in [0.2, 0.25) is 21.8 Å². The second-order valence-electron chi connectivity index (χ2n) is 17.5. The van der Waals surface area contributed by atoms with Crippen LogP contribution in [0.25, 0.3) is 10.9 Å². The fourth-order valence-corrected chi connectivity index (χ4v) is 9.85. The number of carbonyl (C=O) groups is 4. The van der Waals surface area contributed by atoms with E-state index in [9.17, 15) is 36.4 Å². The molecule has 5 aliphatic rings. The van der Waals surface area contributed by atoms with Crippen molar-refractivity contribution in [3.8, 4) is 11.5 Å². The molecule has 4 heterocycles. The van der Waals surface area contributed by atoms with E-state index in [4.69, 9.17) is 14.2 Å². The predicted octanol–water partition coefficient (Wildman–Crippen LogP) is 5.83. The fraction of sp³-hybridized carbons (Fsp3) is 0.643. The Morgan fingerprint density at radius 3 is 2.55 bits per heavy atom. The van der Waals surface area contributed by atoms with Crippen molar-refractivity contribution >= 4 is 44.6 Å². The molecule has 1 aromatic carbocycles. The van der Waals surface area contributed by atoms with E-state index in [0.29, 0.717) is 54.3 Å². The van der Waals surface area contributed by atoms with Gasteiger partial charge in [-0.05, 0) is 89.3 Å². The molecule has 2 saturated carbocycles. The first-order valence-corrected chi connectivity index (χ1v) is 21.9. The molecule has 13 nitrogen and oxygen atoms in total. The summed E-state index contributed by atoms with van der Waals surface area (Å²) in [7, 11) is -2.55. The van der Waals surface area contributed by atoms with Crippen LogP contribution in [0.15, 0.2) is 30.4 Å². The summed E-state index contributed by atoms with van der Waals surface area (Å²) in [5.74, 6) is -3.51. The number of nitrogens with zero attached hydrogens (tertiary/aromatic N) is 2. The van der Waals surface area contributed by atoms with Gasteiger partial charge in [0.25, 0.3) is 12.3 Å². The zero-order chi connectivity index (χ0) is 41.8. The summed E-state index contributed by atoms with van der Waals surface area (Å²) in [6.07, 6.45) is 4.61. The van der Waals surface area contributed by atoms with Crippen LogP contribution in [0.3, 0.4) is 0 Å². The van der Waals surface area contributed by atoms with Crippen molar-refractivity contribution in [1.29, 1.82) is 0 Å². The van der Waals surface area contributed by atoms with Gasteiger partial charge in [0.1, 0.15) is 34.7 Å². The number of aromatic nitrogens is 1. The van der Waals surface area contributed by atoms with Crippen LogP contribution in [0.1, 0.15) is 116 Å². The summed E-state index contributed by atoms with van der Waals surface area (Å²) in [5.41, 5.74) is -2.61. The first-order chi connectivity index (χ1) is 27.4. The third-order valence-electron chi connectivity index (χ3n) is 13.0. The third-order valence-corrected chi connectivity index (χ3v) is 15.2. The number of fused-ring (bicyclic) bond motifs is 5. The number of methoxy groups -OCH3 is 1. The number of ether oxygens (including phenoxy) is 3. The number of amides is 3. The molecular formula is C42H54F2N4O9S. The van der Waals surface area contributed by atoms with Crippen LogP contribution in [0.4, 0.5) is 8.78 Å². The molecule has 1 spiro atoms. The van der Waals surface area contributed by atoms with E-state index in [1.807, 2.05) is 26.0 Å². The Kier molecular flexibility index (Phi) is 11.3. The molecule has 2 aliphatic carbocycles. The summed E-state index contributed by atoms with van der Waals surface area (Å²) in [6.45, 7) is 7.03. The molecule has 0 radical (unpaired) electrons. The van der Waals surface area contributed by atoms with Crippen LogP contribution >= 0.6 is 0 Å². The van der Waals surface area contributed by atoms with Gasteiger partial charge in [0, 0.05) is 29.2 Å². The van der Waals surface area contributed by atoms with Crippen molar-refractivity contribution in [3.63, 3.8) is 0 Å². The lowest BCUT2D eigenvalue weighted by Crippen LogP contribution is -2.57. The second-order valence-corrected chi connectivity index (χ2v) is 19.7. The highest BCUT2D eigenvalue weighted by molar-refractivity contribution is 7.91. The zero-order valence-electron chi connectivity index (χ0n) is 33.8. The van der Waals surface area contributed by atoms with Gasteiger partial charge in [-0.2, -0.15) is 0 Å². The van der Waals surface area contributed by atoms with Crippen molar-refractivity contribution in [2.75, 3.05) is 13.7 Å². The molecule has 2 N–H and O–H groups in total. The number of carbonyl (C=O) groups excluding carboxylic acids is 4. The molecule has 3 aliphatic heterocycles. The monoisotopic (exact) mass is 828 g/mol. The lowest BCUT2D eigenvalue weighted by Gasteiger charge is -2.37. The normalized spacial score (nSPS) is 29.3. The zero-order valence-corrected chi connectivity index (χ0v) is 34.6. The van der Waals surface area contributed by atoms with Crippen LogP contribution in [0.2, 0.25) is 0 Å². The van der Waals surface area contributed by atoms with Gasteiger partial charge in [-0.15, -0.1) is 0 Å². The largest absolute Gasteiger partial charge is 0.497 e.